The van der Waals surface area contributed by atoms with Crippen LogP contribution in [0.2, 0.25) is 0 Å². The van der Waals surface area contributed by atoms with Crippen LogP contribution in [0.3, 0.4) is 0 Å². The summed E-state index contributed by atoms with van der Waals surface area (Å²) in [6.07, 6.45) is 0.845. The average Bonchev–Trinajstić information content (AvgIpc) is 2.37. The lowest BCUT2D eigenvalue weighted by Crippen LogP contribution is -2.45. The van der Waals surface area contributed by atoms with E-state index < -0.39 is 12.1 Å². The summed E-state index contributed by atoms with van der Waals surface area (Å²) in [6.45, 7) is 4.76. The first kappa shape index (κ1) is 15.1. The highest BCUT2D eigenvalue weighted by Gasteiger charge is 2.40. The molecule has 0 heterocycles. The number of aliphatic hydroxyl groups excluding tert-OH is 3. The summed E-state index contributed by atoms with van der Waals surface area (Å²) >= 11 is 0. The molecule has 5 heteroatoms. The summed E-state index contributed by atoms with van der Waals surface area (Å²) in [4.78, 5) is 11.5. The second-order valence-electron chi connectivity index (χ2n) is 4.94. The van der Waals surface area contributed by atoms with Crippen molar-refractivity contribution in [3.05, 3.63) is 12.2 Å². The monoisotopic (exact) mass is 258 g/mol. The van der Waals surface area contributed by atoms with Crippen LogP contribution in [0.25, 0.3) is 0 Å². The Morgan fingerprint density at radius 2 is 1.78 bits per heavy atom. The van der Waals surface area contributed by atoms with Crippen LogP contribution in [0.4, 0.5) is 0 Å². The van der Waals surface area contributed by atoms with Gasteiger partial charge in [-0.3, -0.25) is 0 Å². The van der Waals surface area contributed by atoms with E-state index in [9.17, 15) is 20.1 Å². The maximum Gasteiger partial charge on any atom is 0.333 e. The first-order chi connectivity index (χ1) is 8.54. The Balaban J connectivity index is 2.74. The van der Waals surface area contributed by atoms with Gasteiger partial charge in [0.25, 0.3) is 0 Å². The zero-order valence-corrected chi connectivity index (χ0v) is 10.7. The number of carbonyl (C=O) groups excluding carboxylic acids is 1. The lowest BCUT2D eigenvalue weighted by Gasteiger charge is -2.40. The summed E-state index contributed by atoms with van der Waals surface area (Å²) < 4.78 is 5.29. The van der Waals surface area contributed by atoms with Gasteiger partial charge in [-0.25, -0.2) is 4.79 Å². The molecule has 4 unspecified atom stereocenters. The van der Waals surface area contributed by atoms with Crippen molar-refractivity contribution in [1.82, 2.24) is 0 Å². The molecule has 4 atom stereocenters. The van der Waals surface area contributed by atoms with Gasteiger partial charge in [0.15, 0.2) is 0 Å². The number of carbonyl (C=O) groups is 1. The lowest BCUT2D eigenvalue weighted by molar-refractivity contribution is -0.155. The van der Waals surface area contributed by atoms with Crippen molar-refractivity contribution in [2.75, 3.05) is 19.8 Å². The fourth-order valence-corrected chi connectivity index (χ4v) is 2.58. The third-order valence-electron chi connectivity index (χ3n) is 3.72. The Morgan fingerprint density at radius 3 is 2.22 bits per heavy atom. The second-order valence-corrected chi connectivity index (χ2v) is 4.94. The third kappa shape index (κ3) is 3.31. The van der Waals surface area contributed by atoms with Gasteiger partial charge in [0, 0.05) is 31.3 Å². The molecule has 0 radical (unpaired) electrons. The van der Waals surface area contributed by atoms with E-state index in [4.69, 9.17) is 4.74 Å². The van der Waals surface area contributed by atoms with Crippen LogP contribution in [0.5, 0.6) is 0 Å². The van der Waals surface area contributed by atoms with Crippen LogP contribution >= 0.6 is 0 Å². The number of hydrogen-bond acceptors (Lipinski definition) is 5. The molecule has 1 aliphatic rings. The van der Waals surface area contributed by atoms with E-state index >= 15 is 0 Å². The smallest absolute Gasteiger partial charge is 0.333 e. The van der Waals surface area contributed by atoms with E-state index in [0.717, 1.165) is 0 Å². The summed E-state index contributed by atoms with van der Waals surface area (Å²) in [5, 5.41) is 28.0. The molecular weight excluding hydrogens is 236 g/mol. The van der Waals surface area contributed by atoms with Gasteiger partial charge in [0.2, 0.25) is 0 Å². The minimum Gasteiger partial charge on any atom is -0.459 e. The van der Waals surface area contributed by atoms with Gasteiger partial charge in [0.05, 0.1) is 0 Å². The Morgan fingerprint density at radius 1 is 1.17 bits per heavy atom. The van der Waals surface area contributed by atoms with Crippen LogP contribution in [0, 0.1) is 17.8 Å². The van der Waals surface area contributed by atoms with Gasteiger partial charge in [-0.1, -0.05) is 6.58 Å². The van der Waals surface area contributed by atoms with Crippen molar-refractivity contribution in [3.63, 3.8) is 0 Å². The lowest BCUT2D eigenvalue weighted by atomic mass is 9.71. The van der Waals surface area contributed by atoms with E-state index in [1.165, 1.54) is 0 Å². The molecule has 5 nitrogen and oxygen atoms in total. The molecule has 0 spiro atoms. The molecule has 1 aliphatic carbocycles. The largest absolute Gasteiger partial charge is 0.459 e. The molecule has 1 fully saturated rings. The Bertz CT molecular complexity index is 302. The Labute approximate surface area is 107 Å². The minimum absolute atomic E-state index is 0.0249. The van der Waals surface area contributed by atoms with Crippen LogP contribution < -0.4 is 0 Å². The van der Waals surface area contributed by atoms with Gasteiger partial charge in [-0.05, 0) is 31.6 Å². The molecule has 18 heavy (non-hydrogen) atoms. The van der Waals surface area contributed by atoms with E-state index in [0.29, 0.717) is 18.4 Å². The van der Waals surface area contributed by atoms with Crippen LogP contribution in [0.1, 0.15) is 19.8 Å². The van der Waals surface area contributed by atoms with Gasteiger partial charge < -0.3 is 20.1 Å². The average molecular weight is 258 g/mol. The normalized spacial score (nSPS) is 32.0. The molecule has 0 saturated heterocycles. The maximum atomic E-state index is 11.5. The van der Waals surface area contributed by atoms with Crippen molar-refractivity contribution in [3.8, 4) is 0 Å². The first-order valence-corrected chi connectivity index (χ1v) is 6.24. The van der Waals surface area contributed by atoms with Crippen LogP contribution in [-0.2, 0) is 9.53 Å². The molecule has 1 saturated carbocycles. The molecule has 0 aromatic heterocycles. The van der Waals surface area contributed by atoms with Crippen molar-refractivity contribution >= 4 is 5.97 Å². The SMILES string of the molecule is C=C(C)C(=O)OC1CCC(CO)C(CO)C1CO. The summed E-state index contributed by atoms with van der Waals surface area (Å²) in [6, 6.07) is 0. The number of rotatable bonds is 5. The maximum absolute atomic E-state index is 11.5. The van der Waals surface area contributed by atoms with E-state index in [1.807, 2.05) is 0 Å². The molecule has 3 N–H and O–H groups in total. The zero-order valence-electron chi connectivity index (χ0n) is 10.7. The Hall–Kier alpha value is -0.910. The summed E-state index contributed by atoms with van der Waals surface area (Å²) in [5.41, 5.74) is 0.316. The standard InChI is InChI=1S/C13H22O5/c1-8(2)13(17)18-12-4-3-9(5-14)10(6-15)11(12)7-16/h9-12,14-16H,1,3-7H2,2H3. The minimum atomic E-state index is -0.474. The highest BCUT2D eigenvalue weighted by atomic mass is 16.5. The van der Waals surface area contributed by atoms with E-state index in [2.05, 4.69) is 6.58 Å². The van der Waals surface area contributed by atoms with E-state index in [-0.39, 0.29) is 37.6 Å². The Kier molecular flexibility index (Phi) is 5.78. The molecule has 0 aromatic carbocycles. The van der Waals surface area contributed by atoms with Crippen molar-refractivity contribution in [1.29, 1.82) is 0 Å². The molecule has 0 amide bonds. The number of aliphatic hydroxyl groups is 3. The molecular formula is C13H22O5. The van der Waals surface area contributed by atoms with Crippen molar-refractivity contribution in [2.24, 2.45) is 17.8 Å². The predicted molar refractivity (Wildman–Crippen MR) is 65.7 cm³/mol. The molecule has 0 bridgehead atoms. The van der Waals surface area contributed by atoms with E-state index in [1.54, 1.807) is 6.92 Å². The molecule has 0 aromatic rings. The topological polar surface area (TPSA) is 87.0 Å². The fourth-order valence-electron chi connectivity index (χ4n) is 2.58. The summed E-state index contributed by atoms with van der Waals surface area (Å²) in [5.74, 6) is -1.09. The highest BCUT2D eigenvalue weighted by Crippen LogP contribution is 2.36. The van der Waals surface area contributed by atoms with Gasteiger partial charge in [0.1, 0.15) is 6.10 Å². The predicted octanol–water partition coefficient (Wildman–Crippen LogP) is 0.0936. The fraction of sp³-hybridized carbons (Fsp3) is 0.769. The molecule has 104 valence electrons. The van der Waals surface area contributed by atoms with Gasteiger partial charge in [-0.2, -0.15) is 0 Å². The number of hydrogen-bond donors (Lipinski definition) is 3. The zero-order chi connectivity index (χ0) is 13.7. The highest BCUT2D eigenvalue weighted by molar-refractivity contribution is 5.87. The second kappa shape index (κ2) is 6.87. The summed E-state index contributed by atoms with van der Waals surface area (Å²) in [7, 11) is 0. The number of ether oxygens (including phenoxy) is 1. The van der Waals surface area contributed by atoms with Crippen LogP contribution in [-0.4, -0.2) is 47.2 Å². The molecule has 1 rings (SSSR count). The molecule has 0 aliphatic heterocycles. The quantitative estimate of drug-likeness (QED) is 0.481. The van der Waals surface area contributed by atoms with Gasteiger partial charge >= 0.3 is 5.97 Å². The number of esters is 1. The first-order valence-electron chi connectivity index (χ1n) is 6.24. The third-order valence-corrected chi connectivity index (χ3v) is 3.72. The van der Waals surface area contributed by atoms with Crippen LogP contribution in [0.15, 0.2) is 12.2 Å². The van der Waals surface area contributed by atoms with Crippen molar-refractivity contribution < 1.29 is 24.9 Å². The van der Waals surface area contributed by atoms with Gasteiger partial charge in [-0.15, -0.1) is 0 Å². The van der Waals surface area contributed by atoms with Crippen molar-refractivity contribution in [2.45, 2.75) is 25.9 Å².